The maximum Gasteiger partial charge on any atom is 0.279 e. The first-order chi connectivity index (χ1) is 8.28. The Kier molecular flexibility index (Phi) is 3.66. The van der Waals surface area contributed by atoms with Crippen LogP contribution < -0.4 is 15.6 Å². The van der Waals surface area contributed by atoms with Gasteiger partial charge in [0, 0.05) is 18.5 Å². The van der Waals surface area contributed by atoms with Crippen LogP contribution in [0.15, 0.2) is 29.8 Å². The Morgan fingerprint density at radius 2 is 2.41 bits per heavy atom. The maximum absolute atomic E-state index is 11.2. The predicted molar refractivity (Wildman–Crippen MR) is 66.2 cm³/mol. The lowest BCUT2D eigenvalue weighted by Crippen LogP contribution is -2.20. The zero-order valence-electron chi connectivity index (χ0n) is 9.36. The minimum atomic E-state index is -0.0341. The van der Waals surface area contributed by atoms with Crippen molar-refractivity contribution in [3.8, 4) is 0 Å². The van der Waals surface area contributed by atoms with Gasteiger partial charge in [-0.3, -0.25) is 4.79 Å². The number of aromatic amines is 1. The van der Waals surface area contributed by atoms with Crippen LogP contribution >= 0.6 is 11.3 Å². The zero-order chi connectivity index (χ0) is 12.1. The van der Waals surface area contributed by atoms with E-state index in [9.17, 15) is 4.79 Å². The molecule has 2 aromatic heterocycles. The molecule has 2 heterocycles. The molecule has 0 aliphatic heterocycles. The molecule has 3 N–H and O–H groups in total. The highest BCUT2D eigenvalue weighted by Crippen LogP contribution is 2.18. The molecule has 0 aliphatic rings. The zero-order valence-corrected chi connectivity index (χ0v) is 10.2. The first-order valence-corrected chi connectivity index (χ1v) is 6.04. The Hall–Kier alpha value is -1.95. The van der Waals surface area contributed by atoms with Crippen LogP contribution in [0.4, 0.5) is 10.9 Å². The van der Waals surface area contributed by atoms with Gasteiger partial charge in [0.2, 0.25) is 5.91 Å². The van der Waals surface area contributed by atoms with E-state index >= 15 is 0 Å². The van der Waals surface area contributed by atoms with Crippen molar-refractivity contribution in [1.82, 2.24) is 10.3 Å². The number of pyridine rings is 1. The van der Waals surface area contributed by atoms with Crippen molar-refractivity contribution >= 4 is 28.2 Å². The molecule has 0 spiro atoms. The average Bonchev–Trinajstić information content (AvgIpc) is 2.77. The molecule has 0 radical (unpaired) electrons. The van der Waals surface area contributed by atoms with Gasteiger partial charge in [0.1, 0.15) is 0 Å². The van der Waals surface area contributed by atoms with E-state index < -0.39 is 0 Å². The van der Waals surface area contributed by atoms with Crippen molar-refractivity contribution in [2.24, 2.45) is 0 Å². The number of carbonyl (C=O) groups is 1. The van der Waals surface area contributed by atoms with Crippen molar-refractivity contribution in [3.63, 3.8) is 0 Å². The molecular weight excluding hydrogens is 236 g/mol. The highest BCUT2D eigenvalue weighted by molar-refractivity contribution is 7.13. The number of anilines is 2. The fourth-order valence-electron chi connectivity index (χ4n) is 1.28. The van der Waals surface area contributed by atoms with Gasteiger partial charge in [-0.2, -0.15) is 0 Å². The average molecular weight is 249 g/mol. The number of carbonyl (C=O) groups excluding carboxylic acids is 1. The van der Waals surface area contributed by atoms with Crippen molar-refractivity contribution < 1.29 is 9.78 Å². The number of likely N-dealkylation sites (N-methyl/N-ethyl adjacent to an activating group) is 1. The quantitative estimate of drug-likeness (QED) is 0.849. The molecule has 2 aromatic rings. The van der Waals surface area contributed by atoms with E-state index in [0.717, 1.165) is 16.6 Å². The van der Waals surface area contributed by atoms with E-state index in [2.05, 4.69) is 20.6 Å². The van der Waals surface area contributed by atoms with Gasteiger partial charge in [0.25, 0.3) is 10.9 Å². The lowest BCUT2D eigenvalue weighted by atomic mass is 10.3. The number of nitrogens with one attached hydrogen (secondary N) is 3. The second-order valence-electron chi connectivity index (χ2n) is 3.40. The van der Waals surface area contributed by atoms with Gasteiger partial charge in [-0.05, 0) is 6.07 Å². The Labute approximate surface area is 103 Å². The van der Waals surface area contributed by atoms with Crippen LogP contribution in [0, 0.1) is 0 Å². The van der Waals surface area contributed by atoms with Crippen molar-refractivity contribution in [2.75, 3.05) is 12.4 Å². The van der Waals surface area contributed by atoms with Crippen LogP contribution in [-0.2, 0) is 11.2 Å². The lowest BCUT2D eigenvalue weighted by molar-refractivity contribution is -0.360. The number of aromatic nitrogens is 2. The largest absolute Gasteiger partial charge is 0.359 e. The molecule has 88 valence electrons. The summed E-state index contributed by atoms with van der Waals surface area (Å²) in [6.07, 6.45) is 2.15. The van der Waals surface area contributed by atoms with Gasteiger partial charge in [-0.25, -0.2) is 15.3 Å². The number of H-pyrrole nitrogens is 1. The highest BCUT2D eigenvalue weighted by Gasteiger charge is 2.09. The Bertz CT molecular complexity index is 497. The third-order valence-corrected chi connectivity index (χ3v) is 2.93. The molecule has 0 fully saturated rings. The SMILES string of the molecule is CNC(=O)Cc1csc(Nc2cccc[nH+]2)n1. The number of thiazole rings is 1. The maximum atomic E-state index is 11.2. The van der Waals surface area contributed by atoms with Gasteiger partial charge in [-0.15, -0.1) is 0 Å². The number of rotatable bonds is 4. The van der Waals surface area contributed by atoms with Crippen molar-refractivity contribution in [2.45, 2.75) is 6.42 Å². The van der Waals surface area contributed by atoms with Gasteiger partial charge >= 0.3 is 0 Å². The molecule has 1 amide bonds. The molecule has 0 unspecified atom stereocenters. The summed E-state index contributed by atoms with van der Waals surface area (Å²) in [6, 6.07) is 5.75. The molecule has 17 heavy (non-hydrogen) atoms. The summed E-state index contributed by atoms with van der Waals surface area (Å²) in [5, 5.41) is 8.35. The summed E-state index contributed by atoms with van der Waals surface area (Å²) in [5.41, 5.74) is 0.771. The number of hydrogen-bond donors (Lipinski definition) is 2. The molecule has 0 atom stereocenters. The summed E-state index contributed by atoms with van der Waals surface area (Å²) < 4.78 is 0. The van der Waals surface area contributed by atoms with E-state index in [-0.39, 0.29) is 5.91 Å². The predicted octanol–water partition coefficient (Wildman–Crippen LogP) is 0.989. The third kappa shape index (κ3) is 3.25. The fourth-order valence-corrected chi connectivity index (χ4v) is 2.01. The van der Waals surface area contributed by atoms with E-state index in [0.29, 0.717) is 6.42 Å². The molecule has 0 saturated carbocycles. The Morgan fingerprint density at radius 1 is 1.53 bits per heavy atom. The highest BCUT2D eigenvalue weighted by atomic mass is 32.1. The lowest BCUT2D eigenvalue weighted by Gasteiger charge is -1.94. The number of amides is 1. The molecule has 0 aromatic carbocycles. The molecule has 0 aliphatic carbocycles. The number of hydrogen-bond acceptors (Lipinski definition) is 4. The van der Waals surface area contributed by atoms with Gasteiger partial charge in [-0.1, -0.05) is 17.4 Å². The first-order valence-electron chi connectivity index (χ1n) is 5.16. The Morgan fingerprint density at radius 3 is 3.12 bits per heavy atom. The van der Waals surface area contributed by atoms with Crippen LogP contribution in [0.5, 0.6) is 0 Å². The minimum absolute atomic E-state index is 0.0341. The standard InChI is InChI=1S/C11H12N4OS/c1-12-10(16)6-8-7-17-11(14-8)15-9-4-2-3-5-13-9/h2-5,7H,6H2,1H3,(H,12,16)(H,13,14,15)/p+1. The molecule has 0 bridgehead atoms. The van der Waals surface area contributed by atoms with Crippen LogP contribution in [0.3, 0.4) is 0 Å². The second kappa shape index (κ2) is 5.40. The van der Waals surface area contributed by atoms with E-state index in [4.69, 9.17) is 0 Å². The molecular formula is C11H13N4OS+. The van der Waals surface area contributed by atoms with Gasteiger partial charge in [0.15, 0.2) is 0 Å². The molecule has 2 rings (SSSR count). The van der Waals surface area contributed by atoms with Crippen LogP contribution in [0.25, 0.3) is 0 Å². The van der Waals surface area contributed by atoms with Crippen LogP contribution in [0.1, 0.15) is 5.69 Å². The summed E-state index contributed by atoms with van der Waals surface area (Å²) in [4.78, 5) is 18.6. The first kappa shape index (κ1) is 11.5. The van der Waals surface area contributed by atoms with E-state index in [1.807, 2.05) is 29.8 Å². The normalized spacial score (nSPS) is 9.94. The second-order valence-corrected chi connectivity index (χ2v) is 4.25. The van der Waals surface area contributed by atoms with E-state index in [1.165, 1.54) is 11.3 Å². The topological polar surface area (TPSA) is 68.2 Å². The van der Waals surface area contributed by atoms with Gasteiger partial charge < -0.3 is 5.32 Å². The smallest absolute Gasteiger partial charge is 0.279 e. The molecule has 6 heteroatoms. The monoisotopic (exact) mass is 249 g/mol. The third-order valence-electron chi connectivity index (χ3n) is 2.12. The van der Waals surface area contributed by atoms with Crippen molar-refractivity contribution in [1.29, 1.82) is 0 Å². The Balaban J connectivity index is 2.01. The van der Waals surface area contributed by atoms with Crippen LogP contribution in [-0.4, -0.2) is 17.9 Å². The van der Waals surface area contributed by atoms with Crippen LogP contribution in [0.2, 0.25) is 0 Å². The summed E-state index contributed by atoms with van der Waals surface area (Å²) in [6.45, 7) is 0. The van der Waals surface area contributed by atoms with Crippen molar-refractivity contribution in [3.05, 3.63) is 35.5 Å². The number of nitrogens with zero attached hydrogens (tertiary/aromatic N) is 1. The van der Waals surface area contributed by atoms with E-state index in [1.54, 1.807) is 7.05 Å². The summed E-state index contributed by atoms with van der Waals surface area (Å²) >= 11 is 1.47. The minimum Gasteiger partial charge on any atom is -0.359 e. The fraction of sp³-hybridized carbons (Fsp3) is 0.182. The molecule has 5 nitrogen and oxygen atoms in total. The van der Waals surface area contributed by atoms with Gasteiger partial charge in [0.05, 0.1) is 18.3 Å². The summed E-state index contributed by atoms with van der Waals surface area (Å²) in [7, 11) is 1.62. The molecule has 0 saturated heterocycles. The summed E-state index contributed by atoms with van der Waals surface area (Å²) in [5.74, 6) is 0.835.